The zero-order valence-electron chi connectivity index (χ0n) is 12.8. The maximum absolute atomic E-state index is 11.6. The molecule has 0 aliphatic carbocycles. The summed E-state index contributed by atoms with van der Waals surface area (Å²) in [5.74, 6) is -0.117. The molecule has 0 radical (unpaired) electrons. The van der Waals surface area contributed by atoms with E-state index in [1.54, 1.807) is 6.20 Å². The summed E-state index contributed by atoms with van der Waals surface area (Å²) in [6.07, 6.45) is 2.67. The van der Waals surface area contributed by atoms with Gasteiger partial charge in [-0.15, -0.1) is 0 Å². The molecule has 0 saturated carbocycles. The minimum Gasteiger partial charge on any atom is -0.350 e. The van der Waals surface area contributed by atoms with Gasteiger partial charge in [0.2, 0.25) is 0 Å². The molecule has 25 heavy (non-hydrogen) atoms. The fourth-order valence-corrected chi connectivity index (χ4v) is 3.11. The third-order valence-corrected chi connectivity index (χ3v) is 4.16. The predicted molar refractivity (Wildman–Crippen MR) is 84.8 cm³/mol. The number of benzene rings is 1. The first-order chi connectivity index (χ1) is 12.0. The molecule has 0 saturated heterocycles. The normalized spacial score (nSPS) is 19.0. The zero-order valence-corrected chi connectivity index (χ0v) is 12.8. The molecule has 2 aliphatic rings. The van der Waals surface area contributed by atoms with Gasteiger partial charge in [0.1, 0.15) is 11.9 Å². The summed E-state index contributed by atoms with van der Waals surface area (Å²) in [5, 5.41) is 32.0. The molecule has 2 aliphatic heterocycles. The first-order valence-electron chi connectivity index (χ1n) is 7.18. The van der Waals surface area contributed by atoms with Crippen molar-refractivity contribution in [2.75, 3.05) is 0 Å². The highest BCUT2D eigenvalue weighted by molar-refractivity contribution is 5.85. The number of aromatic nitrogens is 1. The Balaban J connectivity index is 1.97. The van der Waals surface area contributed by atoms with Gasteiger partial charge in [-0.25, -0.2) is 0 Å². The van der Waals surface area contributed by atoms with Crippen LogP contribution in [0.25, 0.3) is 16.3 Å². The van der Waals surface area contributed by atoms with Gasteiger partial charge in [0.05, 0.1) is 15.9 Å². The monoisotopic (exact) mass is 340 g/mol. The quantitative estimate of drug-likeness (QED) is 0.625. The topological polar surface area (TPSA) is 133 Å². The van der Waals surface area contributed by atoms with E-state index in [0.29, 0.717) is 5.56 Å². The lowest BCUT2D eigenvalue weighted by Gasteiger charge is -2.33. The Hall–Kier alpha value is -3.76. The average molecular weight is 340 g/mol. The fraction of sp³-hybridized carbons (Fsp3) is 0.143. The number of nitro groups is 2. The highest BCUT2D eigenvalue weighted by Gasteiger charge is 2.40. The van der Waals surface area contributed by atoms with Crippen LogP contribution in [0.5, 0.6) is 0 Å². The lowest BCUT2D eigenvalue weighted by Crippen LogP contribution is -2.30. The van der Waals surface area contributed by atoms with E-state index in [1.807, 2.05) is 35.9 Å². The predicted octanol–water partition coefficient (Wildman–Crippen LogP) is 2.81. The third-order valence-electron chi connectivity index (χ3n) is 4.16. The van der Waals surface area contributed by atoms with Crippen LogP contribution in [0, 0.1) is 20.2 Å². The van der Waals surface area contributed by atoms with Gasteiger partial charge in [-0.05, 0) is 11.6 Å². The van der Waals surface area contributed by atoms with Crippen LogP contribution in [-0.4, -0.2) is 19.4 Å². The van der Waals surface area contributed by atoms with E-state index < -0.39 is 21.6 Å². The van der Waals surface area contributed by atoms with Gasteiger partial charge < -0.3 is 9.58 Å². The number of hydrogen-bond acceptors (Lipinski definition) is 7. The van der Waals surface area contributed by atoms with Crippen molar-refractivity contribution in [2.45, 2.75) is 6.04 Å². The van der Waals surface area contributed by atoms with E-state index >= 15 is 0 Å². The molecule has 0 amide bonds. The Labute approximate surface area is 139 Å². The summed E-state index contributed by atoms with van der Waals surface area (Å²) in [6.45, 7) is 0. The van der Waals surface area contributed by atoms with E-state index in [4.69, 9.17) is 0 Å². The smallest absolute Gasteiger partial charge is 0.289 e. The first kappa shape index (κ1) is 14.8. The molecule has 1 unspecified atom stereocenters. The van der Waals surface area contributed by atoms with Crippen LogP contribution in [0.1, 0.15) is 11.6 Å². The van der Waals surface area contributed by atoms with Gasteiger partial charge in [-0.3, -0.25) is 30.9 Å². The Morgan fingerprint density at radius 1 is 1.20 bits per heavy atom. The number of rotatable bonds is 3. The molecule has 2 aromatic rings. The number of para-hydroxylation sites is 1. The second kappa shape index (κ2) is 5.12. The van der Waals surface area contributed by atoms with Crippen LogP contribution in [0.4, 0.5) is 0 Å². The Kier molecular flexibility index (Phi) is 3.03. The third kappa shape index (κ3) is 2.06. The molecule has 4 rings (SSSR count). The van der Waals surface area contributed by atoms with Crippen molar-refractivity contribution >= 4 is 10.9 Å². The van der Waals surface area contributed by atoms with Gasteiger partial charge >= 0.3 is 0 Å². The van der Waals surface area contributed by atoms with Gasteiger partial charge in [0.25, 0.3) is 11.4 Å². The number of fused-ring (bicyclic) bond motifs is 2. The molecule has 1 aromatic carbocycles. The molecular formula is C14H10N7O4-. The lowest BCUT2D eigenvalue weighted by atomic mass is 9.99. The summed E-state index contributed by atoms with van der Waals surface area (Å²) in [4.78, 5) is 21.5. The van der Waals surface area contributed by atoms with Crippen LogP contribution in [0.15, 0.2) is 64.2 Å². The minimum absolute atomic E-state index is 0.117. The lowest BCUT2D eigenvalue weighted by molar-refractivity contribution is -0.444. The molecule has 0 N–H and O–H groups in total. The van der Waals surface area contributed by atoms with E-state index in [2.05, 4.69) is 15.9 Å². The second-order valence-electron chi connectivity index (χ2n) is 5.53. The SMILES string of the molecule is Cn1cc(C2C([N+](=O)[O-])=CC([N+](=O)[O-])=C3[N-]N=NN32)c2ccccc21. The van der Waals surface area contributed by atoms with Crippen molar-refractivity contribution in [3.8, 4) is 0 Å². The van der Waals surface area contributed by atoms with E-state index in [1.165, 1.54) is 0 Å². The molecule has 3 heterocycles. The Morgan fingerprint density at radius 2 is 1.96 bits per heavy atom. The maximum atomic E-state index is 11.6. The van der Waals surface area contributed by atoms with Crippen LogP contribution < -0.4 is 0 Å². The maximum Gasteiger partial charge on any atom is 0.289 e. The minimum atomic E-state index is -0.963. The molecule has 0 fully saturated rings. The van der Waals surface area contributed by atoms with Gasteiger partial charge in [-0.2, -0.15) is 5.22 Å². The van der Waals surface area contributed by atoms with Crippen molar-refractivity contribution in [3.05, 3.63) is 85.0 Å². The molecule has 1 atom stereocenters. The van der Waals surface area contributed by atoms with Crippen molar-refractivity contribution in [2.24, 2.45) is 17.5 Å². The summed E-state index contributed by atoms with van der Waals surface area (Å²) < 4.78 is 1.83. The largest absolute Gasteiger partial charge is 0.350 e. The van der Waals surface area contributed by atoms with Gasteiger partial charge in [0.15, 0.2) is 0 Å². The molecule has 11 nitrogen and oxygen atoms in total. The molecule has 0 spiro atoms. The number of aryl methyl sites for hydroxylation is 1. The van der Waals surface area contributed by atoms with Crippen molar-refractivity contribution < 1.29 is 9.85 Å². The molecule has 1 aromatic heterocycles. The molecule has 11 heteroatoms. The van der Waals surface area contributed by atoms with Crippen LogP contribution in [-0.2, 0) is 7.05 Å². The van der Waals surface area contributed by atoms with Gasteiger partial charge in [0, 0.05) is 24.1 Å². The van der Waals surface area contributed by atoms with E-state index in [0.717, 1.165) is 22.0 Å². The number of nitrogens with zero attached hydrogens (tertiary/aromatic N) is 7. The van der Waals surface area contributed by atoms with Crippen molar-refractivity contribution in [3.63, 3.8) is 0 Å². The zero-order chi connectivity index (χ0) is 17.7. The number of hydrogen-bond donors (Lipinski definition) is 0. The molecule has 126 valence electrons. The molecule has 0 bridgehead atoms. The summed E-state index contributed by atoms with van der Waals surface area (Å²) in [6, 6.07) is 6.43. The van der Waals surface area contributed by atoms with E-state index in [9.17, 15) is 20.2 Å². The highest BCUT2D eigenvalue weighted by Crippen LogP contribution is 2.44. The standard InChI is InChI=1S/C14H10N7O4/c1-18-7-9(8-4-2-3-5-10(8)18)13-11(20(22)23)6-12(21(24)25)14-15-16-17-19(13)14/h2-7,13H,1H3/q-1. The average Bonchev–Trinajstić information content (AvgIpc) is 3.18. The fourth-order valence-electron chi connectivity index (χ4n) is 3.11. The summed E-state index contributed by atoms with van der Waals surface area (Å²) in [5.41, 5.74) is 4.27. The summed E-state index contributed by atoms with van der Waals surface area (Å²) >= 11 is 0. The summed E-state index contributed by atoms with van der Waals surface area (Å²) in [7, 11) is 1.82. The van der Waals surface area contributed by atoms with Crippen LogP contribution in [0.2, 0.25) is 0 Å². The van der Waals surface area contributed by atoms with Crippen molar-refractivity contribution in [1.29, 1.82) is 0 Å². The van der Waals surface area contributed by atoms with Crippen LogP contribution >= 0.6 is 0 Å². The number of allylic oxidation sites excluding steroid dienone is 1. The van der Waals surface area contributed by atoms with Crippen molar-refractivity contribution in [1.82, 2.24) is 9.58 Å². The van der Waals surface area contributed by atoms with E-state index in [-0.39, 0.29) is 11.5 Å². The first-order valence-corrected chi connectivity index (χ1v) is 7.18. The Morgan fingerprint density at radius 3 is 2.68 bits per heavy atom. The highest BCUT2D eigenvalue weighted by atomic mass is 16.6. The van der Waals surface area contributed by atoms with Crippen LogP contribution in [0.3, 0.4) is 0 Å². The van der Waals surface area contributed by atoms with Gasteiger partial charge in [-0.1, -0.05) is 18.2 Å². The molecular weight excluding hydrogens is 330 g/mol. The Bertz CT molecular complexity index is 1020. The second-order valence-corrected chi connectivity index (χ2v) is 5.53.